The molecular formula is C21H19ClFN3O3S. The van der Waals surface area contributed by atoms with Crippen LogP contribution in [0.3, 0.4) is 0 Å². The van der Waals surface area contributed by atoms with E-state index in [1.165, 1.54) is 29.5 Å². The minimum atomic E-state index is -0.735. The smallest absolute Gasteiger partial charge is 0.254 e. The van der Waals surface area contributed by atoms with E-state index in [0.29, 0.717) is 18.5 Å². The quantitative estimate of drug-likeness (QED) is 0.524. The first kappa shape index (κ1) is 21.9. The molecule has 156 valence electrons. The third kappa shape index (κ3) is 5.01. The molecule has 1 heterocycles. The number of ether oxygens (including phenoxy) is 1. The lowest BCUT2D eigenvalue weighted by Gasteiger charge is -2.11. The molecule has 0 unspecified atom stereocenters. The van der Waals surface area contributed by atoms with Crippen molar-refractivity contribution >= 4 is 35.1 Å². The van der Waals surface area contributed by atoms with Gasteiger partial charge >= 0.3 is 0 Å². The van der Waals surface area contributed by atoms with E-state index in [2.05, 4.69) is 15.5 Å². The summed E-state index contributed by atoms with van der Waals surface area (Å²) in [6.45, 7) is 4.11. The molecule has 0 spiro atoms. The second kappa shape index (κ2) is 9.77. The average Bonchev–Trinajstić information content (AvgIpc) is 3.18. The van der Waals surface area contributed by atoms with Crippen molar-refractivity contribution in [3.8, 4) is 16.3 Å². The lowest BCUT2D eigenvalue weighted by atomic mass is 10.1. The van der Waals surface area contributed by atoms with Crippen LogP contribution in [-0.4, -0.2) is 35.5 Å². The molecule has 0 atom stereocenters. The molecule has 1 amide bonds. The summed E-state index contributed by atoms with van der Waals surface area (Å²) in [5, 5.41) is 12.5. The van der Waals surface area contributed by atoms with E-state index in [9.17, 15) is 14.0 Å². The highest BCUT2D eigenvalue weighted by Crippen LogP contribution is 2.31. The van der Waals surface area contributed by atoms with E-state index in [1.807, 2.05) is 26.0 Å². The molecular weight excluding hydrogens is 429 g/mol. The summed E-state index contributed by atoms with van der Waals surface area (Å²) < 4.78 is 19.4. The Kier molecular flexibility index (Phi) is 7.12. The molecule has 0 saturated heterocycles. The van der Waals surface area contributed by atoms with Gasteiger partial charge < -0.3 is 10.1 Å². The zero-order valence-corrected chi connectivity index (χ0v) is 17.9. The van der Waals surface area contributed by atoms with Gasteiger partial charge in [-0.3, -0.25) is 9.59 Å². The average molecular weight is 448 g/mol. The molecule has 6 nitrogen and oxygen atoms in total. The second-order valence-corrected chi connectivity index (χ2v) is 7.99. The van der Waals surface area contributed by atoms with Crippen LogP contribution < -0.4 is 10.1 Å². The number of carbonyl (C=O) groups is 2. The summed E-state index contributed by atoms with van der Waals surface area (Å²) in [7, 11) is 0. The van der Waals surface area contributed by atoms with Gasteiger partial charge in [0.15, 0.2) is 12.1 Å². The number of nitrogens with one attached hydrogen (secondary N) is 1. The molecule has 1 N–H and O–H groups in total. The van der Waals surface area contributed by atoms with Gasteiger partial charge in [-0.1, -0.05) is 29.0 Å². The van der Waals surface area contributed by atoms with Crippen molar-refractivity contribution in [1.82, 2.24) is 15.5 Å². The predicted octanol–water partition coefficient (Wildman–Crippen LogP) is 4.16. The monoisotopic (exact) mass is 447 g/mol. The number of amides is 1. The second-order valence-electron chi connectivity index (χ2n) is 6.53. The first-order valence-electron chi connectivity index (χ1n) is 9.13. The largest absolute Gasteiger partial charge is 0.486 e. The molecule has 9 heteroatoms. The van der Waals surface area contributed by atoms with Gasteiger partial charge in [0.05, 0.1) is 10.6 Å². The maximum Gasteiger partial charge on any atom is 0.254 e. The predicted molar refractivity (Wildman–Crippen MR) is 114 cm³/mol. The fraction of sp³-hybridized carbons (Fsp3) is 0.238. The summed E-state index contributed by atoms with van der Waals surface area (Å²) in [6.07, 6.45) is 1.17. The topological polar surface area (TPSA) is 81.2 Å². The standard InChI is InChI=1S/C21H19ClFN3O3S/c1-12-10-14(11-13(2)19(12)29-9-8-27)21-26-25-17(30-21)6-7-24-20(28)15-4-3-5-16(22)18(15)23/h3-5,8,10-11H,6-7,9H2,1-2H3,(H,24,28). The Morgan fingerprint density at radius 1 is 1.27 bits per heavy atom. The maximum atomic E-state index is 13.9. The minimum Gasteiger partial charge on any atom is -0.486 e. The lowest BCUT2D eigenvalue weighted by Crippen LogP contribution is -2.26. The fourth-order valence-corrected chi connectivity index (χ4v) is 3.95. The van der Waals surface area contributed by atoms with Crippen molar-refractivity contribution < 1.29 is 18.7 Å². The molecule has 0 aliphatic heterocycles. The van der Waals surface area contributed by atoms with Crippen molar-refractivity contribution in [3.63, 3.8) is 0 Å². The first-order chi connectivity index (χ1) is 14.4. The van der Waals surface area contributed by atoms with Crippen molar-refractivity contribution in [2.45, 2.75) is 20.3 Å². The van der Waals surface area contributed by atoms with E-state index >= 15 is 0 Å². The molecule has 30 heavy (non-hydrogen) atoms. The van der Waals surface area contributed by atoms with Gasteiger partial charge in [-0.2, -0.15) is 0 Å². The van der Waals surface area contributed by atoms with Crippen LogP contribution >= 0.6 is 22.9 Å². The SMILES string of the molecule is Cc1cc(-c2nnc(CCNC(=O)c3cccc(Cl)c3F)s2)cc(C)c1OCC=O. The van der Waals surface area contributed by atoms with Gasteiger partial charge in [-0.25, -0.2) is 4.39 Å². The van der Waals surface area contributed by atoms with E-state index in [4.69, 9.17) is 16.3 Å². The van der Waals surface area contributed by atoms with Crippen LogP contribution in [0.1, 0.15) is 26.5 Å². The highest BCUT2D eigenvalue weighted by atomic mass is 35.5. The Labute approximate surface area is 182 Å². The van der Waals surface area contributed by atoms with Crippen LogP contribution in [0.25, 0.3) is 10.6 Å². The highest BCUT2D eigenvalue weighted by Gasteiger charge is 2.15. The van der Waals surface area contributed by atoms with Gasteiger partial charge in [-0.15, -0.1) is 10.2 Å². The van der Waals surface area contributed by atoms with Crippen molar-refractivity contribution in [3.05, 3.63) is 62.9 Å². The van der Waals surface area contributed by atoms with Crippen molar-refractivity contribution in [1.29, 1.82) is 0 Å². The maximum absolute atomic E-state index is 13.9. The molecule has 2 aromatic carbocycles. The van der Waals surface area contributed by atoms with Crippen molar-refractivity contribution in [2.75, 3.05) is 13.2 Å². The number of hydrogen-bond acceptors (Lipinski definition) is 6. The molecule has 3 rings (SSSR count). The summed E-state index contributed by atoms with van der Waals surface area (Å²) in [4.78, 5) is 22.7. The first-order valence-corrected chi connectivity index (χ1v) is 10.3. The molecule has 0 radical (unpaired) electrons. The van der Waals surface area contributed by atoms with Gasteiger partial charge in [0.2, 0.25) is 0 Å². The Balaban J connectivity index is 1.63. The summed E-state index contributed by atoms with van der Waals surface area (Å²) in [6, 6.07) is 8.16. The number of aldehydes is 1. The number of rotatable bonds is 8. The third-order valence-corrected chi connectivity index (χ3v) is 5.61. The molecule has 0 aliphatic rings. The number of hydrogen-bond donors (Lipinski definition) is 1. The molecule has 0 aliphatic carbocycles. The fourth-order valence-electron chi connectivity index (χ4n) is 2.95. The van der Waals surface area contributed by atoms with E-state index in [0.717, 1.165) is 26.7 Å². The Bertz CT molecular complexity index is 1060. The number of benzene rings is 2. The van der Waals surface area contributed by atoms with Gasteiger partial charge in [0, 0.05) is 18.5 Å². The van der Waals surface area contributed by atoms with Crippen LogP contribution in [0, 0.1) is 19.7 Å². The molecule has 0 bridgehead atoms. The Hall–Kier alpha value is -2.84. The van der Waals surface area contributed by atoms with Crippen LogP contribution in [0.15, 0.2) is 30.3 Å². The summed E-state index contributed by atoms with van der Waals surface area (Å²) in [5.41, 5.74) is 2.61. The van der Waals surface area contributed by atoms with E-state index < -0.39 is 11.7 Å². The molecule has 1 aromatic heterocycles. The van der Waals surface area contributed by atoms with Crippen LogP contribution in [-0.2, 0) is 11.2 Å². The molecule has 0 saturated carbocycles. The third-order valence-electron chi connectivity index (χ3n) is 4.29. The lowest BCUT2D eigenvalue weighted by molar-refractivity contribution is -0.109. The Morgan fingerprint density at radius 2 is 2.00 bits per heavy atom. The van der Waals surface area contributed by atoms with Crippen molar-refractivity contribution in [2.24, 2.45) is 0 Å². The molecule has 0 fully saturated rings. The Morgan fingerprint density at radius 3 is 2.70 bits per heavy atom. The normalized spacial score (nSPS) is 10.7. The van der Waals surface area contributed by atoms with E-state index in [1.54, 1.807) is 0 Å². The number of halogens is 2. The summed E-state index contributed by atoms with van der Waals surface area (Å²) in [5.74, 6) is -0.579. The minimum absolute atomic E-state index is 0.00872. The van der Waals surface area contributed by atoms with Gasteiger partial charge in [0.1, 0.15) is 22.4 Å². The van der Waals surface area contributed by atoms with Gasteiger partial charge in [0.25, 0.3) is 5.91 Å². The zero-order valence-electron chi connectivity index (χ0n) is 16.4. The number of aryl methyl sites for hydroxylation is 2. The van der Waals surface area contributed by atoms with E-state index in [-0.39, 0.29) is 23.7 Å². The molecule has 3 aromatic rings. The number of nitrogens with zero attached hydrogens (tertiary/aromatic N) is 2. The number of carbonyl (C=O) groups excluding carboxylic acids is 2. The highest BCUT2D eigenvalue weighted by molar-refractivity contribution is 7.14. The zero-order chi connectivity index (χ0) is 21.7. The van der Waals surface area contributed by atoms with Crippen LogP contribution in [0.2, 0.25) is 5.02 Å². The van der Waals surface area contributed by atoms with Crippen LogP contribution in [0.4, 0.5) is 4.39 Å². The number of aromatic nitrogens is 2. The van der Waals surface area contributed by atoms with Gasteiger partial charge in [-0.05, 0) is 49.2 Å². The van der Waals surface area contributed by atoms with Crippen LogP contribution in [0.5, 0.6) is 5.75 Å². The summed E-state index contributed by atoms with van der Waals surface area (Å²) >= 11 is 7.13.